The maximum atomic E-state index is 4.86. The van der Waals surface area contributed by atoms with E-state index in [1.54, 1.807) is 6.42 Å². The van der Waals surface area contributed by atoms with Crippen LogP contribution in [0.25, 0.3) is 0 Å². The predicted octanol–water partition coefficient (Wildman–Crippen LogP) is 3.22. The van der Waals surface area contributed by atoms with E-state index in [4.69, 9.17) is 4.98 Å². The lowest BCUT2D eigenvalue weighted by Gasteiger charge is -2.54. The predicted molar refractivity (Wildman–Crippen MR) is 74.6 cm³/mol. The van der Waals surface area contributed by atoms with E-state index in [2.05, 4.69) is 17.6 Å². The molecular formula is C17H22N2. The molecule has 2 heteroatoms. The van der Waals surface area contributed by atoms with Crippen LogP contribution < -0.4 is 5.32 Å². The maximum absolute atomic E-state index is 4.86. The van der Waals surface area contributed by atoms with Crippen LogP contribution in [0.15, 0.2) is 12.3 Å². The fraction of sp³-hybridized carbons (Fsp3) is 0.706. The fourth-order valence-corrected chi connectivity index (χ4v) is 5.79. The van der Waals surface area contributed by atoms with Crippen LogP contribution >= 0.6 is 0 Å². The summed E-state index contributed by atoms with van der Waals surface area (Å²) in [5.41, 5.74) is 4.36. The molecule has 2 heterocycles. The smallest absolute Gasteiger partial charge is 0.0443 e. The quantitative estimate of drug-likeness (QED) is 0.832. The average Bonchev–Trinajstić information content (AvgIpc) is 2.84. The van der Waals surface area contributed by atoms with Crippen molar-refractivity contribution >= 4 is 0 Å². The molecule has 6 rings (SSSR count). The lowest BCUT2D eigenvalue weighted by atomic mass is 9.51. The van der Waals surface area contributed by atoms with Gasteiger partial charge in [-0.05, 0) is 73.0 Å². The molecule has 0 spiro atoms. The molecule has 5 aliphatic rings. The summed E-state index contributed by atoms with van der Waals surface area (Å²) in [6, 6.07) is 2.43. The largest absolute Gasteiger partial charge is 0.309 e. The summed E-state index contributed by atoms with van der Waals surface area (Å²) in [5, 5.41) is 3.44. The third-order valence-corrected chi connectivity index (χ3v) is 6.30. The Morgan fingerprint density at radius 3 is 2.32 bits per heavy atom. The number of pyridine rings is 1. The molecule has 2 nitrogen and oxygen atoms in total. The van der Waals surface area contributed by atoms with E-state index < -0.39 is 0 Å². The third-order valence-electron chi connectivity index (χ3n) is 6.30. The minimum Gasteiger partial charge on any atom is -0.309 e. The SMILES string of the molecule is c1nc(C2C3CC4CC(C3)CC2C4)cc2c1CNC2. The van der Waals surface area contributed by atoms with E-state index in [1.807, 2.05) is 0 Å². The summed E-state index contributed by atoms with van der Waals surface area (Å²) in [6.07, 6.45) is 9.67. The molecule has 4 fully saturated rings. The Bertz CT molecular complexity index is 494. The van der Waals surface area contributed by atoms with Gasteiger partial charge in [0.2, 0.25) is 0 Å². The first-order valence-electron chi connectivity index (χ1n) is 8.05. The molecule has 0 aromatic carbocycles. The molecule has 0 atom stereocenters. The normalized spacial score (nSPS) is 42.6. The summed E-state index contributed by atoms with van der Waals surface area (Å²) in [6.45, 7) is 2.07. The first-order valence-corrected chi connectivity index (χ1v) is 8.05. The average molecular weight is 254 g/mol. The Hall–Kier alpha value is -0.890. The molecule has 1 N–H and O–H groups in total. The standard InChI is InChI=1S/C17H22N2/c1-10-2-12-4-11(1)5-13(3-10)17(12)16-6-14-7-18-8-15(14)9-19-16/h6,9-13,17-18H,1-5,7-8H2. The van der Waals surface area contributed by atoms with Crippen LogP contribution in [0.5, 0.6) is 0 Å². The van der Waals surface area contributed by atoms with E-state index in [0.717, 1.165) is 42.7 Å². The van der Waals surface area contributed by atoms with Crippen molar-refractivity contribution < 1.29 is 0 Å². The minimum absolute atomic E-state index is 0.790. The van der Waals surface area contributed by atoms with E-state index in [0.29, 0.717) is 0 Å². The molecule has 1 aromatic rings. The summed E-state index contributed by atoms with van der Waals surface area (Å²) in [7, 11) is 0. The van der Waals surface area contributed by atoms with Gasteiger partial charge in [0.25, 0.3) is 0 Å². The van der Waals surface area contributed by atoms with Gasteiger partial charge in [-0.2, -0.15) is 0 Å². The third kappa shape index (κ3) is 1.56. The van der Waals surface area contributed by atoms with Gasteiger partial charge in [0.1, 0.15) is 0 Å². The lowest BCUT2D eigenvalue weighted by Crippen LogP contribution is -2.44. The summed E-state index contributed by atoms with van der Waals surface area (Å²) >= 11 is 0. The van der Waals surface area contributed by atoms with Crippen molar-refractivity contribution in [1.29, 1.82) is 0 Å². The van der Waals surface area contributed by atoms with E-state index in [1.165, 1.54) is 42.5 Å². The van der Waals surface area contributed by atoms with Gasteiger partial charge in [0.15, 0.2) is 0 Å². The first kappa shape index (κ1) is 10.8. The van der Waals surface area contributed by atoms with Crippen molar-refractivity contribution in [3.63, 3.8) is 0 Å². The van der Waals surface area contributed by atoms with Gasteiger partial charge in [-0.3, -0.25) is 4.98 Å². The van der Waals surface area contributed by atoms with E-state index >= 15 is 0 Å². The molecular weight excluding hydrogens is 232 g/mol. The summed E-state index contributed by atoms with van der Waals surface area (Å²) < 4.78 is 0. The molecule has 100 valence electrons. The highest BCUT2D eigenvalue weighted by atomic mass is 14.9. The molecule has 19 heavy (non-hydrogen) atoms. The second-order valence-electron chi connectivity index (χ2n) is 7.44. The number of nitrogens with one attached hydrogen (secondary N) is 1. The second-order valence-corrected chi connectivity index (χ2v) is 7.44. The molecule has 1 aromatic heterocycles. The van der Waals surface area contributed by atoms with Crippen LogP contribution in [0.1, 0.15) is 54.8 Å². The van der Waals surface area contributed by atoms with Gasteiger partial charge in [-0.15, -0.1) is 0 Å². The first-order chi connectivity index (χ1) is 9.37. The fourth-order valence-electron chi connectivity index (χ4n) is 5.79. The zero-order chi connectivity index (χ0) is 12.4. The molecule has 0 radical (unpaired) electrons. The molecule has 4 aliphatic carbocycles. The molecule has 4 saturated carbocycles. The number of hydrogen-bond acceptors (Lipinski definition) is 2. The van der Waals surface area contributed by atoms with Gasteiger partial charge >= 0.3 is 0 Å². The summed E-state index contributed by atoms with van der Waals surface area (Å²) in [4.78, 5) is 4.86. The number of rotatable bonds is 1. The molecule has 4 bridgehead atoms. The Balaban J connectivity index is 1.52. The van der Waals surface area contributed by atoms with Gasteiger partial charge in [-0.25, -0.2) is 0 Å². The van der Waals surface area contributed by atoms with Crippen molar-refractivity contribution in [2.45, 2.75) is 51.1 Å². The molecule has 0 unspecified atom stereocenters. The Morgan fingerprint density at radius 2 is 1.58 bits per heavy atom. The van der Waals surface area contributed by atoms with Crippen molar-refractivity contribution in [1.82, 2.24) is 10.3 Å². The number of fused-ring (bicyclic) bond motifs is 1. The monoisotopic (exact) mass is 254 g/mol. The van der Waals surface area contributed by atoms with Crippen molar-refractivity contribution in [3.8, 4) is 0 Å². The zero-order valence-corrected chi connectivity index (χ0v) is 11.4. The van der Waals surface area contributed by atoms with Gasteiger partial charge in [0, 0.05) is 30.9 Å². The highest BCUT2D eigenvalue weighted by Crippen LogP contribution is 2.59. The topological polar surface area (TPSA) is 24.9 Å². The molecule has 0 saturated heterocycles. The van der Waals surface area contributed by atoms with Gasteiger partial charge < -0.3 is 5.32 Å². The second kappa shape index (κ2) is 3.82. The van der Waals surface area contributed by atoms with Crippen LogP contribution in [-0.4, -0.2) is 4.98 Å². The zero-order valence-electron chi connectivity index (χ0n) is 11.4. The highest BCUT2D eigenvalue weighted by Gasteiger charge is 2.49. The van der Waals surface area contributed by atoms with Crippen molar-refractivity contribution in [3.05, 3.63) is 29.1 Å². The highest BCUT2D eigenvalue weighted by molar-refractivity contribution is 5.32. The summed E-state index contributed by atoms with van der Waals surface area (Å²) in [5.74, 6) is 4.83. The Labute approximate surface area is 115 Å². The van der Waals surface area contributed by atoms with E-state index in [9.17, 15) is 0 Å². The Kier molecular flexibility index (Phi) is 2.18. The number of nitrogens with zero attached hydrogens (tertiary/aromatic N) is 1. The molecule has 1 aliphatic heterocycles. The lowest BCUT2D eigenvalue weighted by molar-refractivity contribution is -0.00417. The van der Waals surface area contributed by atoms with Crippen LogP contribution in [0.3, 0.4) is 0 Å². The van der Waals surface area contributed by atoms with Crippen LogP contribution in [0, 0.1) is 23.7 Å². The van der Waals surface area contributed by atoms with Crippen LogP contribution in [0.4, 0.5) is 0 Å². The van der Waals surface area contributed by atoms with Crippen LogP contribution in [0.2, 0.25) is 0 Å². The minimum atomic E-state index is 0.790. The number of hydrogen-bond donors (Lipinski definition) is 1. The number of aromatic nitrogens is 1. The van der Waals surface area contributed by atoms with Crippen molar-refractivity contribution in [2.75, 3.05) is 0 Å². The van der Waals surface area contributed by atoms with Crippen LogP contribution in [-0.2, 0) is 13.1 Å². The maximum Gasteiger partial charge on any atom is 0.0443 e. The van der Waals surface area contributed by atoms with E-state index in [-0.39, 0.29) is 0 Å². The molecule has 0 amide bonds. The Morgan fingerprint density at radius 1 is 0.895 bits per heavy atom. The van der Waals surface area contributed by atoms with Crippen molar-refractivity contribution in [2.24, 2.45) is 23.7 Å². The van der Waals surface area contributed by atoms with Gasteiger partial charge in [0.05, 0.1) is 0 Å². The van der Waals surface area contributed by atoms with Gasteiger partial charge in [-0.1, -0.05) is 0 Å².